The lowest BCUT2D eigenvalue weighted by Crippen LogP contribution is -2.11. The summed E-state index contributed by atoms with van der Waals surface area (Å²) in [4.78, 5) is 4.77. The molecule has 4 rings (SSSR count). The number of para-hydroxylation sites is 3. The van der Waals surface area contributed by atoms with Crippen LogP contribution < -0.4 is 5.14 Å². The number of sulfonamides is 1. The monoisotopic (exact) mass is 383 g/mol. The molecule has 0 saturated heterocycles. The summed E-state index contributed by atoms with van der Waals surface area (Å²) in [7, 11) is -3.74. The molecule has 4 aromatic rings. The van der Waals surface area contributed by atoms with Crippen molar-refractivity contribution in [2.45, 2.75) is 4.90 Å². The lowest BCUT2D eigenvalue weighted by Gasteiger charge is -2.11. The molecule has 2 N–H and O–H groups in total. The first kappa shape index (κ1) is 16.8. The third-order valence-electron chi connectivity index (χ3n) is 4.10. The minimum atomic E-state index is -3.74. The third-order valence-corrected chi connectivity index (χ3v) is 5.34. The molecule has 0 atom stereocenters. The van der Waals surface area contributed by atoms with Crippen molar-refractivity contribution in [2.24, 2.45) is 5.14 Å². The number of aromatic nitrogens is 2. The predicted octanol–water partition coefficient (Wildman–Crippen LogP) is 3.99. The molecule has 0 saturated carbocycles. The van der Waals surface area contributed by atoms with E-state index in [-0.39, 0.29) is 4.90 Å². The first-order valence-electron chi connectivity index (χ1n) is 7.81. The van der Waals surface area contributed by atoms with Gasteiger partial charge in [0, 0.05) is 5.56 Å². The lowest BCUT2D eigenvalue weighted by molar-refractivity contribution is 0.598. The van der Waals surface area contributed by atoms with Crippen molar-refractivity contribution in [1.29, 1.82) is 0 Å². The zero-order chi connectivity index (χ0) is 18.3. The van der Waals surface area contributed by atoms with Gasteiger partial charge in [-0.2, -0.15) is 0 Å². The van der Waals surface area contributed by atoms with Crippen molar-refractivity contribution in [3.63, 3.8) is 0 Å². The van der Waals surface area contributed by atoms with E-state index in [4.69, 9.17) is 21.7 Å². The van der Waals surface area contributed by atoms with Crippen molar-refractivity contribution in [1.82, 2.24) is 9.55 Å². The van der Waals surface area contributed by atoms with Crippen molar-refractivity contribution >= 4 is 32.7 Å². The highest BCUT2D eigenvalue weighted by atomic mass is 35.5. The Bertz CT molecular complexity index is 1220. The molecule has 0 aliphatic carbocycles. The van der Waals surface area contributed by atoms with Gasteiger partial charge < -0.3 is 0 Å². The van der Waals surface area contributed by atoms with Gasteiger partial charge >= 0.3 is 0 Å². The molecule has 26 heavy (non-hydrogen) atoms. The Hall–Kier alpha value is -2.67. The van der Waals surface area contributed by atoms with Gasteiger partial charge in [-0.1, -0.05) is 35.9 Å². The van der Waals surface area contributed by atoms with Gasteiger partial charge in [0.25, 0.3) is 0 Å². The summed E-state index contributed by atoms with van der Waals surface area (Å²) in [6.45, 7) is 0. The van der Waals surface area contributed by atoms with Crippen LogP contribution in [0.25, 0.3) is 28.1 Å². The number of rotatable bonds is 3. The molecule has 1 aromatic heterocycles. The number of hydrogen-bond donors (Lipinski definition) is 1. The van der Waals surface area contributed by atoms with Gasteiger partial charge in [-0.15, -0.1) is 0 Å². The molecule has 3 aromatic carbocycles. The van der Waals surface area contributed by atoms with Crippen LogP contribution in [0.15, 0.2) is 77.7 Å². The molecule has 0 radical (unpaired) electrons. The number of benzene rings is 3. The molecule has 0 aliphatic heterocycles. The number of hydrogen-bond acceptors (Lipinski definition) is 3. The molecule has 0 bridgehead atoms. The number of nitrogens with zero attached hydrogens (tertiary/aromatic N) is 2. The highest BCUT2D eigenvalue weighted by molar-refractivity contribution is 7.89. The van der Waals surface area contributed by atoms with E-state index in [1.807, 2.05) is 53.1 Å². The van der Waals surface area contributed by atoms with Gasteiger partial charge in [0.1, 0.15) is 5.82 Å². The van der Waals surface area contributed by atoms with Gasteiger partial charge in [0.15, 0.2) is 0 Å². The summed E-state index contributed by atoms with van der Waals surface area (Å²) in [5.41, 5.74) is 3.28. The van der Waals surface area contributed by atoms with E-state index in [1.54, 1.807) is 12.1 Å². The van der Waals surface area contributed by atoms with Crippen LogP contribution in [0.3, 0.4) is 0 Å². The molecule has 130 valence electrons. The average molecular weight is 384 g/mol. The molecule has 5 nitrogen and oxygen atoms in total. The summed E-state index contributed by atoms with van der Waals surface area (Å²) in [6, 6.07) is 21.6. The number of fused-ring (bicyclic) bond motifs is 1. The van der Waals surface area contributed by atoms with Gasteiger partial charge in [-0.25, -0.2) is 18.5 Å². The second-order valence-electron chi connectivity index (χ2n) is 5.78. The Morgan fingerprint density at radius 3 is 2.23 bits per heavy atom. The fourth-order valence-corrected chi connectivity index (χ4v) is 3.63. The maximum atomic E-state index is 11.5. The van der Waals surface area contributed by atoms with Crippen molar-refractivity contribution < 1.29 is 8.42 Å². The quantitative estimate of drug-likeness (QED) is 0.581. The second kappa shape index (κ2) is 6.25. The number of halogens is 1. The molecule has 0 fully saturated rings. The third kappa shape index (κ3) is 2.88. The van der Waals surface area contributed by atoms with Crippen molar-refractivity contribution in [2.75, 3.05) is 0 Å². The van der Waals surface area contributed by atoms with E-state index >= 15 is 0 Å². The van der Waals surface area contributed by atoms with E-state index in [1.165, 1.54) is 12.1 Å². The zero-order valence-corrected chi connectivity index (χ0v) is 15.1. The molecule has 0 amide bonds. The molecule has 0 spiro atoms. The number of nitrogens with two attached hydrogens (primary N) is 1. The first-order valence-corrected chi connectivity index (χ1v) is 9.73. The summed E-state index contributed by atoms with van der Waals surface area (Å²) in [5.74, 6) is 0.667. The zero-order valence-electron chi connectivity index (χ0n) is 13.5. The number of imidazole rings is 1. The maximum Gasteiger partial charge on any atom is 0.238 e. The minimum absolute atomic E-state index is 0.0571. The van der Waals surface area contributed by atoms with Crippen LogP contribution in [0.1, 0.15) is 0 Å². The SMILES string of the molecule is NS(=O)(=O)c1ccc(-c2nc3ccccc3n2-c2ccccc2Cl)cc1. The van der Waals surface area contributed by atoms with E-state index in [0.29, 0.717) is 10.8 Å². The lowest BCUT2D eigenvalue weighted by atomic mass is 10.2. The topological polar surface area (TPSA) is 78.0 Å². The predicted molar refractivity (Wildman–Crippen MR) is 103 cm³/mol. The van der Waals surface area contributed by atoms with Crippen LogP contribution in [0.2, 0.25) is 5.02 Å². The smallest absolute Gasteiger partial charge is 0.238 e. The van der Waals surface area contributed by atoms with E-state index < -0.39 is 10.0 Å². The molecule has 7 heteroatoms. The van der Waals surface area contributed by atoms with E-state index in [0.717, 1.165) is 22.3 Å². The largest absolute Gasteiger partial charge is 0.291 e. The normalized spacial score (nSPS) is 11.8. The molecular formula is C19H14ClN3O2S. The van der Waals surface area contributed by atoms with E-state index in [9.17, 15) is 8.42 Å². The highest BCUT2D eigenvalue weighted by Crippen LogP contribution is 2.32. The fourth-order valence-electron chi connectivity index (χ4n) is 2.89. The Kier molecular flexibility index (Phi) is 4.03. The van der Waals surface area contributed by atoms with Gasteiger partial charge in [-0.05, 0) is 48.5 Å². The van der Waals surface area contributed by atoms with Gasteiger partial charge in [0.05, 0.1) is 26.6 Å². The van der Waals surface area contributed by atoms with Crippen LogP contribution in [0.4, 0.5) is 0 Å². The maximum absolute atomic E-state index is 11.5. The average Bonchev–Trinajstić information content (AvgIpc) is 3.01. The van der Waals surface area contributed by atoms with Crippen LogP contribution in [0.5, 0.6) is 0 Å². The van der Waals surface area contributed by atoms with Crippen LogP contribution in [0, 0.1) is 0 Å². The second-order valence-corrected chi connectivity index (χ2v) is 7.75. The fraction of sp³-hybridized carbons (Fsp3) is 0. The van der Waals surface area contributed by atoms with E-state index in [2.05, 4.69) is 0 Å². The highest BCUT2D eigenvalue weighted by Gasteiger charge is 2.16. The minimum Gasteiger partial charge on any atom is -0.291 e. The molecule has 1 heterocycles. The summed E-state index contributed by atoms with van der Waals surface area (Å²) >= 11 is 6.42. The standard InChI is InChI=1S/C19H14ClN3O2S/c20-15-5-1-3-7-17(15)23-18-8-4-2-6-16(18)22-19(23)13-9-11-14(12-10-13)26(21,24)25/h1-12H,(H2,21,24,25). The molecule has 0 aliphatic rings. The van der Waals surface area contributed by atoms with Crippen molar-refractivity contribution in [3.8, 4) is 17.1 Å². The summed E-state index contributed by atoms with van der Waals surface area (Å²) < 4.78 is 25.0. The van der Waals surface area contributed by atoms with Gasteiger partial charge in [-0.3, -0.25) is 4.57 Å². The summed E-state index contributed by atoms with van der Waals surface area (Å²) in [6.07, 6.45) is 0. The van der Waals surface area contributed by atoms with Crippen molar-refractivity contribution in [3.05, 3.63) is 77.8 Å². The first-order chi connectivity index (χ1) is 12.4. The summed E-state index contributed by atoms with van der Waals surface area (Å²) in [5, 5.41) is 5.78. The number of primary sulfonamides is 1. The Labute approximate surface area is 155 Å². The van der Waals surface area contributed by atoms with Crippen LogP contribution in [-0.4, -0.2) is 18.0 Å². The van der Waals surface area contributed by atoms with Gasteiger partial charge in [0.2, 0.25) is 10.0 Å². The van der Waals surface area contributed by atoms with Crippen LogP contribution >= 0.6 is 11.6 Å². The Balaban J connectivity index is 1.99. The Morgan fingerprint density at radius 1 is 0.885 bits per heavy atom. The van der Waals surface area contributed by atoms with Crippen LogP contribution in [-0.2, 0) is 10.0 Å². The molecule has 0 unspecified atom stereocenters. The Morgan fingerprint density at radius 2 is 1.54 bits per heavy atom. The molecular weight excluding hydrogens is 370 g/mol.